The van der Waals surface area contributed by atoms with Gasteiger partial charge in [-0.2, -0.15) is 0 Å². The zero-order valence-corrected chi connectivity index (χ0v) is 16.2. The van der Waals surface area contributed by atoms with E-state index in [1.54, 1.807) is 24.3 Å². The van der Waals surface area contributed by atoms with Crippen molar-refractivity contribution in [1.82, 2.24) is 10.9 Å². The summed E-state index contributed by atoms with van der Waals surface area (Å²) >= 11 is 1.19. The molecule has 6 nitrogen and oxygen atoms in total. The molecule has 0 radical (unpaired) electrons. The number of hydrogen-bond acceptors (Lipinski definition) is 5. The molecule has 144 valence electrons. The van der Waals surface area contributed by atoms with Crippen LogP contribution in [0.3, 0.4) is 0 Å². The average molecular weight is 418 g/mol. The second-order valence-electron chi connectivity index (χ2n) is 5.88. The molecule has 3 rings (SSSR count). The third-order valence-electron chi connectivity index (χ3n) is 3.77. The van der Waals surface area contributed by atoms with Crippen molar-refractivity contribution in [3.8, 4) is 10.4 Å². The number of thiophene rings is 1. The van der Waals surface area contributed by atoms with Gasteiger partial charge in [0.1, 0.15) is 5.82 Å². The molecule has 2 N–H and O–H groups in total. The van der Waals surface area contributed by atoms with Crippen molar-refractivity contribution >= 4 is 33.0 Å². The zero-order chi connectivity index (χ0) is 20.3. The summed E-state index contributed by atoms with van der Waals surface area (Å²) in [6.45, 7) is 0. The van der Waals surface area contributed by atoms with Crippen LogP contribution in [-0.4, -0.2) is 26.5 Å². The molecule has 0 unspecified atom stereocenters. The Kier molecular flexibility index (Phi) is 5.57. The maximum atomic E-state index is 13.0. The third-order valence-corrected chi connectivity index (χ3v) is 6.02. The largest absolute Gasteiger partial charge is 0.279 e. The van der Waals surface area contributed by atoms with Gasteiger partial charge in [-0.25, -0.2) is 12.8 Å². The van der Waals surface area contributed by atoms with Crippen molar-refractivity contribution in [2.24, 2.45) is 0 Å². The number of halogens is 1. The maximum absolute atomic E-state index is 13.0. The lowest BCUT2D eigenvalue weighted by Crippen LogP contribution is -2.41. The van der Waals surface area contributed by atoms with Crippen LogP contribution in [0.1, 0.15) is 20.0 Å². The minimum Gasteiger partial charge on any atom is -0.267 e. The van der Waals surface area contributed by atoms with Crippen molar-refractivity contribution in [2.45, 2.75) is 4.90 Å². The van der Waals surface area contributed by atoms with Crippen molar-refractivity contribution in [2.75, 3.05) is 6.26 Å². The van der Waals surface area contributed by atoms with E-state index < -0.39 is 21.7 Å². The highest BCUT2D eigenvalue weighted by Gasteiger charge is 2.14. The van der Waals surface area contributed by atoms with E-state index in [9.17, 15) is 22.4 Å². The average Bonchev–Trinajstić information content (AvgIpc) is 3.16. The van der Waals surface area contributed by atoms with Crippen LogP contribution in [0.25, 0.3) is 10.4 Å². The fourth-order valence-corrected chi connectivity index (χ4v) is 3.92. The first-order chi connectivity index (χ1) is 13.2. The van der Waals surface area contributed by atoms with Crippen LogP contribution in [0.5, 0.6) is 0 Å². The van der Waals surface area contributed by atoms with Gasteiger partial charge in [0.05, 0.1) is 9.77 Å². The third kappa shape index (κ3) is 4.62. The molecular weight excluding hydrogens is 403 g/mol. The summed E-state index contributed by atoms with van der Waals surface area (Å²) in [5, 5.41) is 0. The van der Waals surface area contributed by atoms with E-state index >= 15 is 0 Å². The van der Waals surface area contributed by atoms with E-state index in [1.807, 2.05) is 0 Å². The highest BCUT2D eigenvalue weighted by molar-refractivity contribution is 7.90. The Balaban J connectivity index is 1.66. The number of hydrazine groups is 1. The molecule has 0 spiro atoms. The number of benzene rings is 2. The minimum atomic E-state index is -3.45. The molecule has 1 aromatic heterocycles. The van der Waals surface area contributed by atoms with Gasteiger partial charge in [-0.05, 0) is 48.0 Å². The molecule has 0 saturated carbocycles. The van der Waals surface area contributed by atoms with Crippen molar-refractivity contribution in [3.63, 3.8) is 0 Å². The number of hydrogen-bond donors (Lipinski definition) is 2. The normalized spacial score (nSPS) is 11.1. The highest BCUT2D eigenvalue weighted by Crippen LogP contribution is 2.28. The van der Waals surface area contributed by atoms with Gasteiger partial charge in [0, 0.05) is 16.7 Å². The van der Waals surface area contributed by atoms with Crippen molar-refractivity contribution < 1.29 is 22.4 Å². The first-order valence-corrected chi connectivity index (χ1v) is 10.7. The van der Waals surface area contributed by atoms with Gasteiger partial charge < -0.3 is 0 Å². The SMILES string of the molecule is CS(=O)(=O)c1cccc(C(=O)NNC(=O)c2ccc(-c3ccc(F)cc3)s2)c1. The molecule has 1 heterocycles. The lowest BCUT2D eigenvalue weighted by Gasteiger charge is -2.07. The molecule has 3 aromatic rings. The Bertz CT molecular complexity index is 1140. The molecule has 0 fully saturated rings. The topological polar surface area (TPSA) is 92.3 Å². The van der Waals surface area contributed by atoms with Gasteiger partial charge in [0.15, 0.2) is 9.84 Å². The van der Waals surface area contributed by atoms with Gasteiger partial charge >= 0.3 is 0 Å². The van der Waals surface area contributed by atoms with Crippen LogP contribution in [0.4, 0.5) is 4.39 Å². The quantitative estimate of drug-likeness (QED) is 0.637. The molecule has 0 aliphatic carbocycles. The molecule has 0 atom stereocenters. The van der Waals surface area contributed by atoms with Crippen LogP contribution in [0, 0.1) is 5.82 Å². The Hall–Kier alpha value is -3.04. The number of carbonyl (C=O) groups excluding carboxylic acids is 2. The summed E-state index contributed by atoms with van der Waals surface area (Å²) in [7, 11) is -3.45. The second kappa shape index (κ2) is 7.91. The number of carbonyl (C=O) groups is 2. The van der Waals surface area contributed by atoms with E-state index in [0.29, 0.717) is 4.88 Å². The number of nitrogens with one attached hydrogen (secondary N) is 2. The minimum absolute atomic E-state index is 0.00803. The molecule has 0 bridgehead atoms. The lowest BCUT2D eigenvalue weighted by molar-refractivity contribution is 0.0849. The predicted octanol–water partition coefficient (Wildman–Crippen LogP) is 3.03. The first-order valence-electron chi connectivity index (χ1n) is 8.00. The molecule has 28 heavy (non-hydrogen) atoms. The number of rotatable bonds is 4. The summed E-state index contributed by atoms with van der Waals surface area (Å²) in [5.74, 6) is -1.51. The summed E-state index contributed by atoms with van der Waals surface area (Å²) in [5.41, 5.74) is 5.42. The Morgan fingerprint density at radius 1 is 0.929 bits per heavy atom. The summed E-state index contributed by atoms with van der Waals surface area (Å²) < 4.78 is 36.2. The Morgan fingerprint density at radius 2 is 1.61 bits per heavy atom. The van der Waals surface area contributed by atoms with E-state index in [4.69, 9.17) is 0 Å². The fourth-order valence-electron chi connectivity index (χ4n) is 2.34. The molecule has 0 saturated heterocycles. The van der Waals surface area contributed by atoms with E-state index in [0.717, 1.165) is 16.7 Å². The molecule has 2 aromatic carbocycles. The first kappa shape index (κ1) is 19.7. The van der Waals surface area contributed by atoms with E-state index in [1.165, 1.54) is 47.7 Å². The van der Waals surface area contributed by atoms with E-state index in [-0.39, 0.29) is 16.3 Å². The molecular formula is C19H15FN2O4S2. The maximum Gasteiger partial charge on any atom is 0.279 e. The number of amides is 2. The van der Waals surface area contributed by atoms with Gasteiger partial charge in [0.2, 0.25) is 0 Å². The van der Waals surface area contributed by atoms with Gasteiger partial charge in [-0.1, -0.05) is 18.2 Å². The fraction of sp³-hybridized carbons (Fsp3) is 0.0526. The summed E-state index contributed by atoms with van der Waals surface area (Å²) in [4.78, 5) is 25.5. The van der Waals surface area contributed by atoms with Crippen LogP contribution >= 0.6 is 11.3 Å². The second-order valence-corrected chi connectivity index (χ2v) is 8.98. The van der Waals surface area contributed by atoms with Crippen LogP contribution in [0.15, 0.2) is 65.6 Å². The standard InChI is InChI=1S/C19H15FN2O4S2/c1-28(25,26)15-4-2-3-13(11-15)18(23)21-22-19(24)17-10-9-16(27-17)12-5-7-14(20)8-6-12/h2-11H,1H3,(H,21,23)(H,22,24). The highest BCUT2D eigenvalue weighted by atomic mass is 32.2. The molecule has 9 heteroatoms. The van der Waals surface area contributed by atoms with E-state index in [2.05, 4.69) is 10.9 Å². The molecule has 0 aliphatic rings. The van der Waals surface area contributed by atoms with Gasteiger partial charge in [-0.3, -0.25) is 20.4 Å². The Labute approximate surface area is 164 Å². The van der Waals surface area contributed by atoms with Crippen molar-refractivity contribution in [3.05, 3.63) is 76.9 Å². The monoisotopic (exact) mass is 418 g/mol. The zero-order valence-electron chi connectivity index (χ0n) is 14.6. The molecule has 0 aliphatic heterocycles. The summed E-state index contributed by atoms with van der Waals surface area (Å²) in [6, 6.07) is 14.7. The molecule has 2 amide bonds. The lowest BCUT2D eigenvalue weighted by atomic mass is 10.2. The van der Waals surface area contributed by atoms with Gasteiger partial charge in [0.25, 0.3) is 11.8 Å². The summed E-state index contributed by atoms with van der Waals surface area (Å²) in [6.07, 6.45) is 1.04. The smallest absolute Gasteiger partial charge is 0.267 e. The van der Waals surface area contributed by atoms with Crippen LogP contribution in [0.2, 0.25) is 0 Å². The van der Waals surface area contributed by atoms with Gasteiger partial charge in [-0.15, -0.1) is 11.3 Å². The van der Waals surface area contributed by atoms with Crippen LogP contribution in [-0.2, 0) is 9.84 Å². The van der Waals surface area contributed by atoms with Crippen molar-refractivity contribution in [1.29, 1.82) is 0 Å². The van der Waals surface area contributed by atoms with Crippen LogP contribution < -0.4 is 10.9 Å². The number of sulfone groups is 1. The predicted molar refractivity (Wildman–Crippen MR) is 104 cm³/mol. The Morgan fingerprint density at radius 3 is 2.29 bits per heavy atom.